The molecule has 0 bridgehead atoms. The monoisotopic (exact) mass is 665 g/mol. The largest absolute Gasteiger partial charge is 0.490 e. The molecule has 1 aliphatic heterocycles. The van der Waals surface area contributed by atoms with E-state index in [-0.39, 0.29) is 0 Å². The second-order valence-electron chi connectivity index (χ2n) is 9.78. The van der Waals surface area contributed by atoms with Crippen LogP contribution >= 0.6 is 0 Å². The first-order valence-corrected chi connectivity index (χ1v) is 12.6. The van der Waals surface area contributed by atoms with Gasteiger partial charge in [-0.1, -0.05) is 0 Å². The first-order chi connectivity index (χ1) is 20.6. The fourth-order valence-electron chi connectivity index (χ4n) is 4.20. The zero-order valence-electron chi connectivity index (χ0n) is 23.3. The van der Waals surface area contributed by atoms with Gasteiger partial charge in [-0.05, 0) is 61.9 Å². The maximum Gasteiger partial charge on any atom is 0.490 e. The minimum atomic E-state index is -5.08. The van der Waals surface area contributed by atoms with Crippen LogP contribution in [0.15, 0.2) is 43.0 Å². The Balaban J connectivity index is 0.000000396. The van der Waals surface area contributed by atoms with E-state index in [1.165, 1.54) is 31.2 Å². The lowest BCUT2D eigenvalue weighted by Gasteiger charge is -2.54. The molecule has 2 aliphatic rings. The first-order valence-electron chi connectivity index (χ1n) is 12.6. The molecule has 2 aromatic rings. The molecule has 1 aliphatic carbocycles. The van der Waals surface area contributed by atoms with Crippen LogP contribution in [-0.4, -0.2) is 97.8 Å². The lowest BCUT2D eigenvalue weighted by Crippen LogP contribution is -2.54. The normalized spacial score (nSPS) is 16.1. The van der Waals surface area contributed by atoms with Crippen molar-refractivity contribution in [2.45, 2.75) is 56.8 Å². The predicted octanol–water partition coefficient (Wildman–Crippen LogP) is 4.65. The molecule has 1 saturated carbocycles. The Morgan fingerprint density at radius 3 is 1.53 bits per heavy atom. The molecule has 20 heteroatoms. The number of anilines is 1. The topological polar surface area (TPSA) is 157 Å². The first kappa shape index (κ1) is 38.8. The lowest BCUT2D eigenvalue weighted by molar-refractivity contribution is -0.193. The number of carbonyl (C=O) groups is 3. The number of pyridine rings is 1. The molecule has 0 radical (unpaired) electrons. The van der Waals surface area contributed by atoms with Crippen LogP contribution in [0.25, 0.3) is 0 Å². The Labute approximate surface area is 249 Å². The number of aromatic nitrogens is 3. The average molecular weight is 666 g/mol. The van der Waals surface area contributed by atoms with Crippen molar-refractivity contribution in [1.29, 1.82) is 0 Å². The van der Waals surface area contributed by atoms with E-state index in [1.54, 1.807) is 0 Å². The van der Waals surface area contributed by atoms with Gasteiger partial charge >= 0.3 is 36.4 Å². The molecule has 2 fully saturated rings. The van der Waals surface area contributed by atoms with Crippen LogP contribution in [-0.2, 0) is 20.9 Å². The molecule has 2 aromatic heterocycles. The maximum absolute atomic E-state index is 10.6. The summed E-state index contributed by atoms with van der Waals surface area (Å²) in [5.74, 6) is -7.38. The van der Waals surface area contributed by atoms with E-state index in [1.807, 2.05) is 30.9 Å². The van der Waals surface area contributed by atoms with E-state index < -0.39 is 36.4 Å². The van der Waals surface area contributed by atoms with Crippen LogP contribution in [0.1, 0.15) is 31.2 Å². The van der Waals surface area contributed by atoms with E-state index >= 15 is 0 Å². The Morgan fingerprint density at radius 1 is 0.800 bits per heavy atom. The van der Waals surface area contributed by atoms with Gasteiger partial charge in [-0.15, -0.1) is 0 Å². The molecule has 1 spiro atoms. The van der Waals surface area contributed by atoms with Crippen molar-refractivity contribution >= 4 is 23.9 Å². The summed E-state index contributed by atoms with van der Waals surface area (Å²) in [5, 5.41) is 21.4. The van der Waals surface area contributed by atoms with Crippen LogP contribution in [0.5, 0.6) is 0 Å². The predicted molar refractivity (Wildman–Crippen MR) is 136 cm³/mol. The van der Waals surface area contributed by atoms with Gasteiger partial charge in [0.15, 0.2) is 0 Å². The molecule has 3 N–H and O–H groups in total. The van der Waals surface area contributed by atoms with Crippen LogP contribution in [0.3, 0.4) is 0 Å². The van der Waals surface area contributed by atoms with Crippen LogP contribution in [0.4, 0.5) is 45.5 Å². The minimum Gasteiger partial charge on any atom is -0.475 e. The summed E-state index contributed by atoms with van der Waals surface area (Å²) < 4.78 is 95.2. The summed E-state index contributed by atoms with van der Waals surface area (Å²) >= 11 is 0. The molecule has 3 heterocycles. The van der Waals surface area contributed by atoms with Gasteiger partial charge in [0.25, 0.3) is 0 Å². The van der Waals surface area contributed by atoms with Crippen LogP contribution in [0, 0.1) is 5.41 Å². The number of aliphatic carboxylic acids is 3. The highest BCUT2D eigenvalue weighted by Gasteiger charge is 2.47. The van der Waals surface area contributed by atoms with Crippen LogP contribution < -0.4 is 4.90 Å². The van der Waals surface area contributed by atoms with Gasteiger partial charge < -0.3 is 20.2 Å². The quantitative estimate of drug-likeness (QED) is 0.391. The van der Waals surface area contributed by atoms with E-state index in [0.29, 0.717) is 5.41 Å². The number of hydrogen-bond acceptors (Lipinski definition) is 8. The summed E-state index contributed by atoms with van der Waals surface area (Å²) in [5.41, 5.74) is 1.91. The zero-order chi connectivity index (χ0) is 34.6. The number of hydrogen-bond donors (Lipinski definition) is 3. The number of halogens is 9. The molecule has 0 amide bonds. The highest BCUT2D eigenvalue weighted by molar-refractivity contribution is 5.73. The second kappa shape index (κ2) is 16.2. The highest BCUT2D eigenvalue weighted by atomic mass is 19.4. The van der Waals surface area contributed by atoms with Gasteiger partial charge in [0.05, 0.1) is 0 Å². The number of carboxylic acid groups (broad SMARTS) is 3. The van der Waals surface area contributed by atoms with E-state index in [4.69, 9.17) is 29.7 Å². The van der Waals surface area contributed by atoms with Crippen molar-refractivity contribution in [3.8, 4) is 0 Å². The third-order valence-electron chi connectivity index (χ3n) is 6.53. The van der Waals surface area contributed by atoms with Crippen molar-refractivity contribution in [3.05, 3.63) is 48.5 Å². The molecule has 11 nitrogen and oxygen atoms in total. The fraction of sp³-hybridized carbons (Fsp3) is 0.520. The second-order valence-corrected chi connectivity index (χ2v) is 9.78. The highest BCUT2D eigenvalue weighted by Crippen LogP contribution is 2.51. The Morgan fingerprint density at radius 2 is 1.18 bits per heavy atom. The number of piperidine rings is 1. The van der Waals surface area contributed by atoms with Gasteiger partial charge in [0, 0.05) is 50.5 Å². The Hall–Kier alpha value is -4.23. The molecule has 1 saturated heterocycles. The fourth-order valence-corrected chi connectivity index (χ4v) is 4.20. The third-order valence-corrected chi connectivity index (χ3v) is 6.53. The molecule has 0 atom stereocenters. The molecule has 4 rings (SSSR count). The van der Waals surface area contributed by atoms with Crippen molar-refractivity contribution < 1.29 is 69.2 Å². The third kappa shape index (κ3) is 14.0. The zero-order valence-corrected chi connectivity index (χ0v) is 23.3. The van der Waals surface area contributed by atoms with Crippen molar-refractivity contribution in [2.75, 3.05) is 25.0 Å². The number of nitrogens with zero attached hydrogens (tertiary/aromatic N) is 5. The molecular formula is C25H28F9N5O6. The molecular weight excluding hydrogens is 637 g/mol. The van der Waals surface area contributed by atoms with Crippen molar-refractivity contribution in [3.63, 3.8) is 0 Å². The van der Waals surface area contributed by atoms with Crippen molar-refractivity contribution in [2.24, 2.45) is 5.41 Å². The van der Waals surface area contributed by atoms with Gasteiger partial charge in [0.1, 0.15) is 0 Å². The van der Waals surface area contributed by atoms with Gasteiger partial charge in [-0.25, -0.2) is 24.4 Å². The average Bonchev–Trinajstić information content (AvgIpc) is 2.92. The maximum atomic E-state index is 10.6. The minimum absolute atomic E-state index is 0.558. The van der Waals surface area contributed by atoms with Gasteiger partial charge in [-0.2, -0.15) is 39.5 Å². The SMILES string of the molecule is CN(Cc1ccncc1)C1CC2(CCN(c3ncccn3)CC2)C1.O=C(O)C(F)(F)F.O=C(O)C(F)(F)F.O=C(O)C(F)(F)F. The Bertz CT molecular complexity index is 1160. The van der Waals surface area contributed by atoms with Gasteiger partial charge in [0.2, 0.25) is 5.95 Å². The van der Waals surface area contributed by atoms with E-state index in [2.05, 4.69) is 43.9 Å². The number of carboxylic acids is 3. The summed E-state index contributed by atoms with van der Waals surface area (Å²) in [6.07, 6.45) is -2.62. The summed E-state index contributed by atoms with van der Waals surface area (Å²) in [6.45, 7) is 3.20. The number of rotatable bonds is 4. The van der Waals surface area contributed by atoms with E-state index in [9.17, 15) is 39.5 Å². The Kier molecular flexibility index (Phi) is 14.0. The summed E-state index contributed by atoms with van der Waals surface area (Å²) in [7, 11) is 2.25. The standard InChI is InChI=1S/C19H25N5.3C2HF3O2/c1-23(15-16-3-9-20-10-4-16)17-13-19(14-17)5-11-24(12-6-19)18-21-7-2-8-22-18;3*3-2(4,5)1(6)7/h2-4,7-10,17H,5-6,11-15H2,1H3;3*(H,6,7). The lowest BCUT2D eigenvalue weighted by atomic mass is 9.60. The molecule has 45 heavy (non-hydrogen) atoms. The molecule has 252 valence electrons. The van der Waals surface area contributed by atoms with Crippen molar-refractivity contribution in [1.82, 2.24) is 19.9 Å². The van der Waals surface area contributed by atoms with Gasteiger partial charge in [-0.3, -0.25) is 9.88 Å². The number of alkyl halides is 9. The summed E-state index contributed by atoms with van der Waals surface area (Å²) in [6, 6.07) is 6.83. The van der Waals surface area contributed by atoms with E-state index in [0.717, 1.165) is 31.6 Å². The molecule has 0 unspecified atom stereocenters. The smallest absolute Gasteiger partial charge is 0.475 e. The molecule has 0 aromatic carbocycles. The summed E-state index contributed by atoms with van der Waals surface area (Å²) in [4.78, 5) is 44.4. The van der Waals surface area contributed by atoms with Crippen LogP contribution in [0.2, 0.25) is 0 Å².